The molecule has 0 amide bonds. The van der Waals surface area contributed by atoms with Crippen LogP contribution in [0.3, 0.4) is 0 Å². The smallest absolute Gasteiger partial charge is 0.226 e. The molecule has 0 fully saturated rings. The standard InChI is InChI=1S/C14H24N6/c1-5-7-15-14-19-12-11(16-8-17-12)13(20-14)18-10(6-2)9(3)4/h8-10H,5-7H2,1-4H3,(H3,15,16,17,18,19,20). The second kappa shape index (κ2) is 6.54. The summed E-state index contributed by atoms with van der Waals surface area (Å²) in [6.07, 6.45) is 3.74. The Morgan fingerprint density at radius 1 is 1.25 bits per heavy atom. The molecule has 0 aromatic carbocycles. The van der Waals surface area contributed by atoms with Crippen LogP contribution in [-0.4, -0.2) is 32.5 Å². The number of aromatic amines is 1. The third-order valence-electron chi connectivity index (χ3n) is 3.39. The summed E-state index contributed by atoms with van der Waals surface area (Å²) in [5, 5.41) is 6.73. The van der Waals surface area contributed by atoms with Gasteiger partial charge in [-0.3, -0.25) is 0 Å². The van der Waals surface area contributed by atoms with Gasteiger partial charge in [-0.05, 0) is 18.8 Å². The van der Waals surface area contributed by atoms with Gasteiger partial charge in [0, 0.05) is 12.6 Å². The Hall–Kier alpha value is -1.85. The summed E-state index contributed by atoms with van der Waals surface area (Å²) in [4.78, 5) is 16.3. The van der Waals surface area contributed by atoms with Gasteiger partial charge in [-0.25, -0.2) is 4.98 Å². The molecular formula is C14H24N6. The number of aromatic nitrogens is 4. The van der Waals surface area contributed by atoms with Crippen molar-refractivity contribution >= 4 is 22.9 Å². The average molecular weight is 276 g/mol. The van der Waals surface area contributed by atoms with E-state index in [1.54, 1.807) is 6.33 Å². The van der Waals surface area contributed by atoms with Gasteiger partial charge in [-0.2, -0.15) is 9.97 Å². The van der Waals surface area contributed by atoms with Gasteiger partial charge in [0.1, 0.15) is 5.52 Å². The molecule has 0 saturated heterocycles. The van der Waals surface area contributed by atoms with Gasteiger partial charge in [0.25, 0.3) is 0 Å². The van der Waals surface area contributed by atoms with E-state index in [9.17, 15) is 0 Å². The van der Waals surface area contributed by atoms with E-state index in [-0.39, 0.29) is 0 Å². The summed E-state index contributed by atoms with van der Waals surface area (Å²) in [5.41, 5.74) is 1.56. The van der Waals surface area contributed by atoms with Crippen LogP contribution in [0.15, 0.2) is 6.33 Å². The largest absolute Gasteiger partial charge is 0.365 e. The fourth-order valence-corrected chi connectivity index (χ4v) is 2.17. The molecule has 2 rings (SSSR count). The molecule has 20 heavy (non-hydrogen) atoms. The van der Waals surface area contributed by atoms with Crippen molar-refractivity contribution < 1.29 is 0 Å². The molecule has 110 valence electrons. The maximum Gasteiger partial charge on any atom is 0.226 e. The highest BCUT2D eigenvalue weighted by Gasteiger charge is 2.15. The summed E-state index contributed by atoms with van der Waals surface area (Å²) in [5.74, 6) is 2.00. The first-order valence-electron chi connectivity index (χ1n) is 7.37. The number of hydrogen-bond acceptors (Lipinski definition) is 5. The molecule has 1 unspecified atom stereocenters. The van der Waals surface area contributed by atoms with E-state index in [1.807, 2.05) is 0 Å². The van der Waals surface area contributed by atoms with Crippen LogP contribution >= 0.6 is 0 Å². The van der Waals surface area contributed by atoms with Crippen molar-refractivity contribution in [3.05, 3.63) is 6.33 Å². The van der Waals surface area contributed by atoms with Crippen LogP contribution in [0.5, 0.6) is 0 Å². The number of hydrogen-bond donors (Lipinski definition) is 3. The molecule has 0 radical (unpaired) electrons. The summed E-state index contributed by atoms with van der Waals surface area (Å²) in [7, 11) is 0. The second-order valence-corrected chi connectivity index (χ2v) is 5.33. The molecular weight excluding hydrogens is 252 g/mol. The molecule has 2 heterocycles. The third-order valence-corrected chi connectivity index (χ3v) is 3.39. The highest BCUT2D eigenvalue weighted by Crippen LogP contribution is 2.21. The normalized spacial score (nSPS) is 12.8. The van der Waals surface area contributed by atoms with E-state index in [1.165, 1.54) is 0 Å². The van der Waals surface area contributed by atoms with Gasteiger partial charge in [0.15, 0.2) is 11.5 Å². The lowest BCUT2D eigenvalue weighted by atomic mass is 10.0. The van der Waals surface area contributed by atoms with Gasteiger partial charge in [0.05, 0.1) is 6.33 Å². The second-order valence-electron chi connectivity index (χ2n) is 5.33. The van der Waals surface area contributed by atoms with Crippen LogP contribution in [0.1, 0.15) is 40.5 Å². The maximum absolute atomic E-state index is 4.58. The molecule has 3 N–H and O–H groups in total. The summed E-state index contributed by atoms with van der Waals surface area (Å²) in [6.45, 7) is 9.58. The Bertz CT molecular complexity index is 548. The number of imidazole rings is 1. The van der Waals surface area contributed by atoms with E-state index in [0.717, 1.165) is 30.7 Å². The average Bonchev–Trinajstić information content (AvgIpc) is 2.90. The first-order chi connectivity index (χ1) is 9.65. The Morgan fingerprint density at radius 2 is 2.05 bits per heavy atom. The number of nitrogens with one attached hydrogen (secondary N) is 3. The molecule has 6 nitrogen and oxygen atoms in total. The van der Waals surface area contributed by atoms with Crippen molar-refractivity contribution in [2.24, 2.45) is 5.92 Å². The topological polar surface area (TPSA) is 78.5 Å². The van der Waals surface area contributed by atoms with E-state index < -0.39 is 0 Å². The highest BCUT2D eigenvalue weighted by atomic mass is 15.2. The molecule has 0 aliphatic carbocycles. The number of anilines is 2. The molecule has 0 bridgehead atoms. The number of nitrogens with zero attached hydrogens (tertiary/aromatic N) is 3. The monoisotopic (exact) mass is 276 g/mol. The van der Waals surface area contributed by atoms with Crippen molar-refractivity contribution in [1.29, 1.82) is 0 Å². The molecule has 0 saturated carbocycles. The van der Waals surface area contributed by atoms with Crippen LogP contribution in [0.4, 0.5) is 11.8 Å². The minimum absolute atomic E-state index is 0.385. The zero-order valence-corrected chi connectivity index (χ0v) is 12.7. The van der Waals surface area contributed by atoms with Gasteiger partial charge in [-0.1, -0.05) is 27.7 Å². The van der Waals surface area contributed by atoms with Gasteiger partial charge in [-0.15, -0.1) is 0 Å². The van der Waals surface area contributed by atoms with E-state index in [2.05, 4.69) is 58.3 Å². The fourth-order valence-electron chi connectivity index (χ4n) is 2.17. The molecule has 2 aromatic heterocycles. The van der Waals surface area contributed by atoms with Crippen molar-refractivity contribution in [2.45, 2.75) is 46.6 Å². The minimum atomic E-state index is 0.385. The summed E-state index contributed by atoms with van der Waals surface area (Å²) < 4.78 is 0. The Balaban J connectivity index is 2.31. The van der Waals surface area contributed by atoms with Crippen LogP contribution in [0.2, 0.25) is 0 Å². The fraction of sp³-hybridized carbons (Fsp3) is 0.643. The first kappa shape index (κ1) is 14.6. The van der Waals surface area contributed by atoms with Crippen molar-refractivity contribution in [3.8, 4) is 0 Å². The molecule has 1 atom stereocenters. The minimum Gasteiger partial charge on any atom is -0.365 e. The van der Waals surface area contributed by atoms with Crippen molar-refractivity contribution in [1.82, 2.24) is 19.9 Å². The van der Waals surface area contributed by atoms with Crippen LogP contribution in [-0.2, 0) is 0 Å². The number of rotatable bonds is 7. The van der Waals surface area contributed by atoms with E-state index in [4.69, 9.17) is 0 Å². The van der Waals surface area contributed by atoms with Crippen molar-refractivity contribution in [3.63, 3.8) is 0 Å². The van der Waals surface area contributed by atoms with Gasteiger partial charge < -0.3 is 15.6 Å². The lowest BCUT2D eigenvalue weighted by Crippen LogP contribution is -2.25. The lowest BCUT2D eigenvalue weighted by molar-refractivity contribution is 0.510. The van der Waals surface area contributed by atoms with Gasteiger partial charge >= 0.3 is 0 Å². The molecule has 0 aliphatic rings. The molecule has 6 heteroatoms. The van der Waals surface area contributed by atoms with Crippen LogP contribution < -0.4 is 10.6 Å². The van der Waals surface area contributed by atoms with E-state index in [0.29, 0.717) is 23.6 Å². The third kappa shape index (κ3) is 3.18. The Labute approximate surface area is 119 Å². The predicted octanol–water partition coefficient (Wildman–Crippen LogP) is 3.02. The zero-order valence-electron chi connectivity index (χ0n) is 12.7. The van der Waals surface area contributed by atoms with Crippen molar-refractivity contribution in [2.75, 3.05) is 17.2 Å². The van der Waals surface area contributed by atoms with E-state index >= 15 is 0 Å². The molecule has 0 aliphatic heterocycles. The molecule has 0 spiro atoms. The Kier molecular flexibility index (Phi) is 4.76. The summed E-state index contributed by atoms with van der Waals surface area (Å²) in [6, 6.07) is 0.385. The SMILES string of the molecule is CCCNc1nc(NC(CC)C(C)C)c2[nH]cnc2n1. The predicted molar refractivity (Wildman–Crippen MR) is 83.0 cm³/mol. The zero-order chi connectivity index (χ0) is 14.5. The molecule has 2 aromatic rings. The maximum atomic E-state index is 4.58. The van der Waals surface area contributed by atoms with Gasteiger partial charge in [0.2, 0.25) is 5.95 Å². The highest BCUT2D eigenvalue weighted by molar-refractivity contribution is 5.83. The van der Waals surface area contributed by atoms with Crippen LogP contribution in [0, 0.1) is 5.92 Å². The van der Waals surface area contributed by atoms with Crippen LogP contribution in [0.25, 0.3) is 11.2 Å². The lowest BCUT2D eigenvalue weighted by Gasteiger charge is -2.21. The summed E-state index contributed by atoms with van der Waals surface area (Å²) >= 11 is 0. The number of H-pyrrole nitrogens is 1. The first-order valence-corrected chi connectivity index (χ1v) is 7.37. The number of fused-ring (bicyclic) bond motifs is 1. The quantitative estimate of drug-likeness (QED) is 0.724. The Morgan fingerprint density at radius 3 is 2.70 bits per heavy atom.